The predicted molar refractivity (Wildman–Crippen MR) is 78.0 cm³/mol. The number of carbonyl (C=O) groups is 1. The van der Waals surface area contributed by atoms with E-state index >= 15 is 0 Å². The molecule has 3 nitrogen and oxygen atoms in total. The number of rotatable bonds is 1. The second-order valence-corrected chi connectivity index (χ2v) is 7.00. The number of hydrogen-bond donors (Lipinski definition) is 0. The normalized spacial score (nSPS) is 33.7. The number of anilines is 1. The molecule has 0 atom stereocenters. The summed E-state index contributed by atoms with van der Waals surface area (Å²) in [5.74, 6) is 0.0627. The molecule has 1 aromatic carbocycles. The van der Waals surface area contributed by atoms with E-state index in [1.54, 1.807) is 4.90 Å². The average Bonchev–Trinajstić information content (AvgIpc) is 3.21. The van der Waals surface area contributed by atoms with Crippen LogP contribution in [0.2, 0.25) is 0 Å². The van der Waals surface area contributed by atoms with Crippen molar-refractivity contribution < 1.29 is 22.7 Å². The van der Waals surface area contributed by atoms with Gasteiger partial charge in [-0.2, -0.15) is 13.2 Å². The van der Waals surface area contributed by atoms with Crippen LogP contribution in [0.4, 0.5) is 18.9 Å². The van der Waals surface area contributed by atoms with Crippen molar-refractivity contribution in [1.29, 1.82) is 0 Å². The molecular weight excluding hydrogens is 307 g/mol. The number of ether oxygens (including phenoxy) is 1. The van der Waals surface area contributed by atoms with Gasteiger partial charge in [0.05, 0.1) is 23.2 Å². The molecule has 1 amide bonds. The lowest BCUT2D eigenvalue weighted by atomic mass is 9.69. The number of benzene rings is 1. The van der Waals surface area contributed by atoms with Crippen molar-refractivity contribution in [1.82, 2.24) is 0 Å². The predicted octanol–water partition coefficient (Wildman–Crippen LogP) is 3.77. The van der Waals surface area contributed by atoms with Gasteiger partial charge in [-0.15, -0.1) is 0 Å². The summed E-state index contributed by atoms with van der Waals surface area (Å²) in [5.41, 5.74) is -0.427. The molecule has 124 valence electrons. The molecule has 2 heterocycles. The molecule has 1 aliphatic carbocycles. The Kier molecular flexibility index (Phi) is 3.08. The number of alkyl halides is 3. The molecule has 4 rings (SSSR count). The maximum Gasteiger partial charge on any atom is 0.416 e. The van der Waals surface area contributed by atoms with Gasteiger partial charge in [0.25, 0.3) is 0 Å². The Morgan fingerprint density at radius 1 is 1.00 bits per heavy atom. The lowest BCUT2D eigenvalue weighted by molar-refractivity contribution is -0.137. The summed E-state index contributed by atoms with van der Waals surface area (Å²) in [7, 11) is 0. The van der Waals surface area contributed by atoms with E-state index in [-0.39, 0.29) is 16.9 Å². The molecule has 0 N–H and O–H groups in total. The maximum absolute atomic E-state index is 12.9. The number of amides is 1. The van der Waals surface area contributed by atoms with Crippen molar-refractivity contribution in [2.24, 2.45) is 5.41 Å². The zero-order valence-electron chi connectivity index (χ0n) is 12.7. The standard InChI is InChI=1S/C17H18F3NO2/c18-17(19,20)12-1-3-13(4-2-12)21-10-9-15(14(21)22)5-7-16(8-6-15)11-23-16/h1-4H,5-11H2/t15-,16-. The molecule has 0 radical (unpaired) electrons. The highest BCUT2D eigenvalue weighted by molar-refractivity contribution is 6.00. The Bertz CT molecular complexity index is 624. The van der Waals surface area contributed by atoms with E-state index in [1.807, 2.05) is 0 Å². The largest absolute Gasteiger partial charge is 0.416 e. The first-order valence-corrected chi connectivity index (χ1v) is 7.97. The fourth-order valence-corrected chi connectivity index (χ4v) is 3.94. The van der Waals surface area contributed by atoms with Crippen molar-refractivity contribution in [2.45, 2.75) is 43.9 Å². The Balaban J connectivity index is 1.51. The number of epoxide rings is 1. The second kappa shape index (κ2) is 4.72. The summed E-state index contributed by atoms with van der Waals surface area (Å²) in [6.07, 6.45) is -0.0925. The van der Waals surface area contributed by atoms with Crippen LogP contribution in [-0.4, -0.2) is 24.7 Å². The van der Waals surface area contributed by atoms with Crippen LogP contribution in [0, 0.1) is 5.41 Å². The lowest BCUT2D eigenvalue weighted by Crippen LogP contribution is -2.39. The van der Waals surface area contributed by atoms with Gasteiger partial charge in [-0.3, -0.25) is 4.79 Å². The van der Waals surface area contributed by atoms with Crippen molar-refractivity contribution >= 4 is 11.6 Å². The van der Waals surface area contributed by atoms with Crippen molar-refractivity contribution in [3.63, 3.8) is 0 Å². The topological polar surface area (TPSA) is 32.8 Å². The molecule has 0 bridgehead atoms. The smallest absolute Gasteiger partial charge is 0.370 e. The van der Waals surface area contributed by atoms with Crippen molar-refractivity contribution in [2.75, 3.05) is 18.1 Å². The molecule has 2 spiro atoms. The van der Waals surface area contributed by atoms with Gasteiger partial charge < -0.3 is 9.64 Å². The SMILES string of the molecule is O=C1N(c2ccc(C(F)(F)F)cc2)CC[C@]12CC[C@@]1(CC2)CO1. The van der Waals surface area contributed by atoms with Gasteiger partial charge in [0, 0.05) is 12.2 Å². The summed E-state index contributed by atoms with van der Waals surface area (Å²) >= 11 is 0. The molecule has 0 aromatic heterocycles. The summed E-state index contributed by atoms with van der Waals surface area (Å²) in [5, 5.41) is 0. The summed E-state index contributed by atoms with van der Waals surface area (Å²) < 4.78 is 43.4. The van der Waals surface area contributed by atoms with E-state index in [4.69, 9.17) is 4.74 Å². The van der Waals surface area contributed by atoms with Crippen molar-refractivity contribution in [3.05, 3.63) is 29.8 Å². The Hall–Kier alpha value is -1.56. The molecule has 0 unspecified atom stereocenters. The molecule has 3 fully saturated rings. The minimum atomic E-state index is -4.35. The lowest BCUT2D eigenvalue weighted by Gasteiger charge is -2.34. The number of halogens is 3. The molecular formula is C17H18F3NO2. The molecule has 6 heteroatoms. The molecule has 3 aliphatic rings. The van der Waals surface area contributed by atoms with Gasteiger partial charge in [-0.05, 0) is 56.4 Å². The molecule has 23 heavy (non-hydrogen) atoms. The van der Waals surface area contributed by atoms with E-state index in [0.29, 0.717) is 12.2 Å². The van der Waals surface area contributed by atoms with Crippen LogP contribution in [0.1, 0.15) is 37.7 Å². The summed E-state index contributed by atoms with van der Waals surface area (Å²) in [6, 6.07) is 4.88. The number of hydrogen-bond acceptors (Lipinski definition) is 2. The summed E-state index contributed by atoms with van der Waals surface area (Å²) in [4.78, 5) is 14.5. The van der Waals surface area contributed by atoms with Gasteiger partial charge in [0.2, 0.25) is 5.91 Å². The van der Waals surface area contributed by atoms with Gasteiger partial charge in [0.15, 0.2) is 0 Å². The Morgan fingerprint density at radius 2 is 1.61 bits per heavy atom. The molecule has 1 saturated carbocycles. The van der Waals surface area contributed by atoms with Crippen molar-refractivity contribution in [3.8, 4) is 0 Å². The zero-order valence-corrected chi connectivity index (χ0v) is 12.7. The number of carbonyl (C=O) groups excluding carboxylic acids is 1. The van der Waals surface area contributed by atoms with E-state index in [2.05, 4.69) is 0 Å². The fraction of sp³-hybridized carbons (Fsp3) is 0.588. The quantitative estimate of drug-likeness (QED) is 0.736. The first-order valence-electron chi connectivity index (χ1n) is 7.97. The van der Waals surface area contributed by atoms with Crippen LogP contribution in [0.5, 0.6) is 0 Å². The van der Waals surface area contributed by atoms with E-state index in [1.165, 1.54) is 12.1 Å². The third-order valence-electron chi connectivity index (χ3n) is 5.69. The first kappa shape index (κ1) is 15.0. The third-order valence-corrected chi connectivity index (χ3v) is 5.69. The average molecular weight is 325 g/mol. The van der Waals surface area contributed by atoms with Crippen LogP contribution in [0.15, 0.2) is 24.3 Å². The van der Waals surface area contributed by atoms with Crippen LogP contribution >= 0.6 is 0 Å². The third kappa shape index (κ3) is 2.43. The molecule has 2 aliphatic heterocycles. The van der Waals surface area contributed by atoms with E-state index in [0.717, 1.165) is 50.8 Å². The second-order valence-electron chi connectivity index (χ2n) is 7.00. The van der Waals surface area contributed by atoms with E-state index < -0.39 is 11.7 Å². The van der Waals surface area contributed by atoms with Gasteiger partial charge in [0.1, 0.15) is 0 Å². The van der Waals surface area contributed by atoms with E-state index in [9.17, 15) is 18.0 Å². The van der Waals surface area contributed by atoms with Gasteiger partial charge >= 0.3 is 6.18 Å². The summed E-state index contributed by atoms with van der Waals surface area (Å²) in [6.45, 7) is 1.39. The van der Waals surface area contributed by atoms with Gasteiger partial charge in [-0.1, -0.05) is 0 Å². The minimum absolute atomic E-state index is 0.0350. The fourth-order valence-electron chi connectivity index (χ4n) is 3.94. The Labute approximate surface area is 132 Å². The maximum atomic E-state index is 12.9. The first-order chi connectivity index (χ1) is 10.8. The zero-order chi connectivity index (χ0) is 16.3. The monoisotopic (exact) mass is 325 g/mol. The minimum Gasteiger partial charge on any atom is -0.370 e. The van der Waals surface area contributed by atoms with Crippen LogP contribution in [-0.2, 0) is 15.7 Å². The molecule has 1 aromatic rings. The van der Waals surface area contributed by atoms with Crippen LogP contribution in [0.3, 0.4) is 0 Å². The van der Waals surface area contributed by atoms with Gasteiger partial charge in [-0.25, -0.2) is 0 Å². The highest BCUT2D eigenvalue weighted by Gasteiger charge is 2.56. The highest BCUT2D eigenvalue weighted by atomic mass is 19.4. The Morgan fingerprint density at radius 3 is 2.13 bits per heavy atom. The van der Waals surface area contributed by atoms with Crippen LogP contribution < -0.4 is 4.90 Å². The highest BCUT2D eigenvalue weighted by Crippen LogP contribution is 2.53. The van der Waals surface area contributed by atoms with Crippen LogP contribution in [0.25, 0.3) is 0 Å². The number of nitrogens with zero attached hydrogens (tertiary/aromatic N) is 1. The molecule has 2 saturated heterocycles.